The fourth-order valence-corrected chi connectivity index (χ4v) is 4.56. The van der Waals surface area contributed by atoms with Gasteiger partial charge >= 0.3 is 11.6 Å². The fraction of sp³-hybridized carbons (Fsp3) is 0.480. The number of furan rings is 1. The second-order valence-corrected chi connectivity index (χ2v) is 8.55. The van der Waals surface area contributed by atoms with E-state index in [1.807, 2.05) is 26.8 Å². The van der Waals surface area contributed by atoms with Gasteiger partial charge in [-0.2, -0.15) is 0 Å². The maximum atomic E-state index is 12.8. The van der Waals surface area contributed by atoms with Crippen molar-refractivity contribution in [2.45, 2.75) is 53.4 Å². The van der Waals surface area contributed by atoms with Gasteiger partial charge in [0.15, 0.2) is 0 Å². The second kappa shape index (κ2) is 8.81. The number of carbonyl (C=O) groups is 2. The SMILES string of the molecule is CCOC(=O)[C@H]1CCCN(C(=O)CCc2c(C)c3cc4c(C)c(C)oc4cc3oc2=O)C1. The molecule has 1 amide bonds. The highest BCUT2D eigenvalue weighted by atomic mass is 16.5. The smallest absolute Gasteiger partial charge is 0.339 e. The Balaban J connectivity index is 1.54. The minimum absolute atomic E-state index is 0.0605. The lowest BCUT2D eigenvalue weighted by Gasteiger charge is -2.31. The topological polar surface area (TPSA) is 90.0 Å². The number of rotatable bonds is 5. The highest BCUT2D eigenvalue weighted by Gasteiger charge is 2.29. The van der Waals surface area contributed by atoms with Gasteiger partial charge in [0.2, 0.25) is 5.91 Å². The minimum atomic E-state index is -0.426. The van der Waals surface area contributed by atoms with Crippen molar-refractivity contribution in [3.63, 3.8) is 0 Å². The molecule has 1 aliphatic heterocycles. The lowest BCUT2D eigenvalue weighted by atomic mass is 9.97. The first-order valence-corrected chi connectivity index (χ1v) is 11.2. The summed E-state index contributed by atoms with van der Waals surface area (Å²) in [6.07, 6.45) is 1.99. The summed E-state index contributed by atoms with van der Waals surface area (Å²) in [5, 5.41) is 1.84. The molecule has 4 rings (SSSR count). The standard InChI is InChI=1S/C25H29NO6/c1-5-30-24(28)17-7-6-10-26(13-17)23(27)9-8-18-15(3)20-11-19-14(2)16(4)31-21(19)12-22(20)32-25(18)29/h11-12,17H,5-10,13H2,1-4H3/t17-/m0/s1. The molecule has 3 aromatic rings. The predicted octanol–water partition coefficient (Wildman–Crippen LogP) is 4.20. The van der Waals surface area contributed by atoms with Gasteiger partial charge in [-0.05, 0) is 64.2 Å². The normalized spacial score (nSPS) is 16.6. The van der Waals surface area contributed by atoms with Gasteiger partial charge in [0, 0.05) is 41.9 Å². The molecule has 1 saturated heterocycles. The molecule has 32 heavy (non-hydrogen) atoms. The van der Waals surface area contributed by atoms with E-state index < -0.39 is 5.63 Å². The number of likely N-dealkylation sites (tertiary alicyclic amines) is 1. The van der Waals surface area contributed by atoms with Gasteiger partial charge in [-0.1, -0.05) is 0 Å². The van der Waals surface area contributed by atoms with Crippen molar-refractivity contribution in [2.24, 2.45) is 5.92 Å². The molecule has 3 heterocycles. The Morgan fingerprint density at radius 2 is 1.81 bits per heavy atom. The zero-order valence-electron chi connectivity index (χ0n) is 19.1. The number of amides is 1. The van der Waals surface area contributed by atoms with Crippen molar-refractivity contribution < 1.29 is 23.2 Å². The number of esters is 1. The van der Waals surface area contributed by atoms with E-state index in [2.05, 4.69) is 0 Å². The van der Waals surface area contributed by atoms with Crippen molar-refractivity contribution in [3.05, 3.63) is 45.0 Å². The van der Waals surface area contributed by atoms with Crippen molar-refractivity contribution in [2.75, 3.05) is 19.7 Å². The van der Waals surface area contributed by atoms with E-state index in [0.717, 1.165) is 40.5 Å². The van der Waals surface area contributed by atoms with Crippen LogP contribution in [-0.4, -0.2) is 36.5 Å². The van der Waals surface area contributed by atoms with E-state index in [4.69, 9.17) is 13.6 Å². The first kappa shape index (κ1) is 22.1. The summed E-state index contributed by atoms with van der Waals surface area (Å²) in [5.41, 5.74) is 3.15. The molecule has 1 aliphatic rings. The van der Waals surface area contributed by atoms with E-state index in [-0.39, 0.29) is 24.2 Å². The van der Waals surface area contributed by atoms with Crippen LogP contribution in [0, 0.1) is 26.7 Å². The van der Waals surface area contributed by atoms with Gasteiger partial charge in [0.05, 0.1) is 12.5 Å². The molecule has 0 N–H and O–H groups in total. The molecule has 1 aromatic carbocycles. The lowest BCUT2D eigenvalue weighted by Crippen LogP contribution is -2.43. The quantitative estimate of drug-likeness (QED) is 0.437. The van der Waals surface area contributed by atoms with Crippen molar-refractivity contribution in [1.82, 2.24) is 4.90 Å². The maximum Gasteiger partial charge on any atom is 0.339 e. The number of nitrogens with zero attached hydrogens (tertiary/aromatic N) is 1. The molecule has 0 radical (unpaired) electrons. The summed E-state index contributed by atoms with van der Waals surface area (Å²) < 4.78 is 16.5. The molecular weight excluding hydrogens is 410 g/mol. The number of benzene rings is 1. The van der Waals surface area contributed by atoms with Crippen LogP contribution in [0.5, 0.6) is 0 Å². The van der Waals surface area contributed by atoms with Crippen LogP contribution in [-0.2, 0) is 20.7 Å². The fourth-order valence-electron chi connectivity index (χ4n) is 4.56. The van der Waals surface area contributed by atoms with E-state index in [1.165, 1.54) is 0 Å². The largest absolute Gasteiger partial charge is 0.466 e. The molecular formula is C25H29NO6. The summed E-state index contributed by atoms with van der Waals surface area (Å²) >= 11 is 0. The minimum Gasteiger partial charge on any atom is -0.466 e. The monoisotopic (exact) mass is 439 g/mol. The zero-order chi connectivity index (χ0) is 23.0. The number of carbonyl (C=O) groups excluding carboxylic acids is 2. The summed E-state index contributed by atoms with van der Waals surface area (Å²) in [7, 11) is 0. The lowest BCUT2D eigenvalue weighted by molar-refractivity contribution is -0.151. The van der Waals surface area contributed by atoms with Gasteiger partial charge in [-0.15, -0.1) is 0 Å². The first-order chi connectivity index (χ1) is 15.3. The van der Waals surface area contributed by atoms with Gasteiger partial charge < -0.3 is 18.5 Å². The van der Waals surface area contributed by atoms with Crippen molar-refractivity contribution >= 4 is 33.8 Å². The molecule has 1 atom stereocenters. The van der Waals surface area contributed by atoms with Gasteiger partial charge in [0.1, 0.15) is 16.9 Å². The highest BCUT2D eigenvalue weighted by molar-refractivity contribution is 5.96. The molecule has 0 bridgehead atoms. The second-order valence-electron chi connectivity index (χ2n) is 8.55. The first-order valence-electron chi connectivity index (χ1n) is 11.2. The Bertz CT molecular complexity index is 1250. The van der Waals surface area contributed by atoms with Gasteiger partial charge in [-0.3, -0.25) is 9.59 Å². The van der Waals surface area contributed by atoms with Gasteiger partial charge in [-0.25, -0.2) is 4.79 Å². The van der Waals surface area contributed by atoms with Crippen LogP contribution in [0.2, 0.25) is 0 Å². The molecule has 0 unspecified atom stereocenters. The average molecular weight is 440 g/mol. The molecule has 7 nitrogen and oxygen atoms in total. The number of piperidine rings is 1. The zero-order valence-corrected chi connectivity index (χ0v) is 19.1. The predicted molar refractivity (Wildman–Crippen MR) is 121 cm³/mol. The molecule has 2 aromatic heterocycles. The van der Waals surface area contributed by atoms with Gasteiger partial charge in [0.25, 0.3) is 0 Å². The highest BCUT2D eigenvalue weighted by Crippen LogP contribution is 2.31. The Hall–Kier alpha value is -3.09. The van der Waals surface area contributed by atoms with Crippen LogP contribution in [0.1, 0.15) is 48.6 Å². The molecule has 0 aliphatic carbocycles. The number of hydrogen-bond donors (Lipinski definition) is 0. The number of fused-ring (bicyclic) bond motifs is 2. The molecule has 170 valence electrons. The summed E-state index contributed by atoms with van der Waals surface area (Å²) in [6.45, 7) is 8.92. The molecule has 0 saturated carbocycles. The van der Waals surface area contributed by atoms with E-state index in [9.17, 15) is 14.4 Å². The number of hydrogen-bond acceptors (Lipinski definition) is 6. The molecule has 0 spiro atoms. The summed E-state index contributed by atoms with van der Waals surface area (Å²) in [6, 6.07) is 3.76. The average Bonchev–Trinajstić information content (AvgIpc) is 3.05. The molecule has 1 fully saturated rings. The number of ether oxygens (including phenoxy) is 1. The van der Waals surface area contributed by atoms with Crippen molar-refractivity contribution in [1.29, 1.82) is 0 Å². The maximum absolute atomic E-state index is 12.8. The Morgan fingerprint density at radius 3 is 2.56 bits per heavy atom. The third kappa shape index (κ3) is 4.04. The van der Waals surface area contributed by atoms with Crippen LogP contribution < -0.4 is 5.63 Å². The van der Waals surface area contributed by atoms with Crippen LogP contribution in [0.3, 0.4) is 0 Å². The summed E-state index contributed by atoms with van der Waals surface area (Å²) in [4.78, 5) is 39.3. The van der Waals surface area contributed by atoms with Crippen molar-refractivity contribution in [3.8, 4) is 0 Å². The third-order valence-electron chi connectivity index (χ3n) is 6.57. The van der Waals surface area contributed by atoms with E-state index >= 15 is 0 Å². The van der Waals surface area contributed by atoms with Crippen LogP contribution in [0.4, 0.5) is 0 Å². The van der Waals surface area contributed by atoms with E-state index in [1.54, 1.807) is 17.9 Å². The Labute approximate surface area is 186 Å². The van der Waals surface area contributed by atoms with Crippen LogP contribution >= 0.6 is 0 Å². The Kier molecular flexibility index (Phi) is 6.09. The van der Waals surface area contributed by atoms with Crippen LogP contribution in [0.25, 0.3) is 21.9 Å². The molecule has 7 heteroatoms. The summed E-state index contributed by atoms with van der Waals surface area (Å²) in [5.74, 6) is 0.259. The third-order valence-corrected chi connectivity index (χ3v) is 6.57. The number of aryl methyl sites for hydroxylation is 3. The van der Waals surface area contributed by atoms with Crippen LogP contribution in [0.15, 0.2) is 25.8 Å². The van der Waals surface area contributed by atoms with E-state index in [0.29, 0.717) is 42.8 Å². The Morgan fingerprint density at radius 1 is 1.09 bits per heavy atom.